The van der Waals surface area contributed by atoms with Crippen molar-refractivity contribution in [1.29, 1.82) is 0 Å². The molecular formula is C20H26N2O5. The Morgan fingerprint density at radius 3 is 2.59 bits per heavy atom. The van der Waals surface area contributed by atoms with Crippen LogP contribution in [0, 0.1) is 5.41 Å². The zero-order valence-corrected chi connectivity index (χ0v) is 15.9. The molecule has 146 valence electrons. The van der Waals surface area contributed by atoms with Gasteiger partial charge in [-0.05, 0) is 24.3 Å². The average molecular weight is 374 g/mol. The van der Waals surface area contributed by atoms with E-state index >= 15 is 0 Å². The van der Waals surface area contributed by atoms with Gasteiger partial charge in [0.1, 0.15) is 0 Å². The molecule has 0 bridgehead atoms. The molecule has 0 aliphatic carbocycles. The smallest absolute Gasteiger partial charge is 0.308 e. The molecule has 1 amide bonds. The molecule has 1 aromatic carbocycles. The van der Waals surface area contributed by atoms with Gasteiger partial charge in [-0.25, -0.2) is 0 Å². The fraction of sp³-hybridized carbons (Fsp3) is 0.550. The van der Waals surface area contributed by atoms with Crippen LogP contribution in [0.2, 0.25) is 0 Å². The Labute approximate surface area is 158 Å². The fourth-order valence-electron chi connectivity index (χ4n) is 3.33. The minimum atomic E-state index is -0.623. The number of hydrogen-bond donors (Lipinski definition) is 2. The summed E-state index contributed by atoms with van der Waals surface area (Å²) >= 11 is 0. The van der Waals surface area contributed by atoms with Crippen molar-refractivity contribution in [2.24, 2.45) is 5.41 Å². The van der Waals surface area contributed by atoms with Crippen LogP contribution in [-0.2, 0) is 14.4 Å². The summed E-state index contributed by atoms with van der Waals surface area (Å²) < 4.78 is 5.33. The molecule has 2 N–H and O–H groups in total. The Hall–Kier alpha value is -2.25. The van der Waals surface area contributed by atoms with Gasteiger partial charge in [0.05, 0.1) is 18.0 Å². The first-order valence-corrected chi connectivity index (χ1v) is 9.28. The minimum absolute atomic E-state index is 0.0423. The van der Waals surface area contributed by atoms with E-state index in [0.29, 0.717) is 36.8 Å². The van der Waals surface area contributed by atoms with Crippen molar-refractivity contribution in [3.63, 3.8) is 0 Å². The molecule has 3 rings (SSSR count). The Bertz CT molecular complexity index is 740. The van der Waals surface area contributed by atoms with Crippen LogP contribution in [0.25, 0.3) is 0 Å². The zero-order valence-electron chi connectivity index (χ0n) is 15.9. The van der Waals surface area contributed by atoms with Crippen molar-refractivity contribution in [3.05, 3.63) is 35.4 Å². The number of hydrogen-bond acceptors (Lipinski definition) is 6. The van der Waals surface area contributed by atoms with E-state index in [1.807, 2.05) is 20.8 Å². The lowest BCUT2D eigenvalue weighted by atomic mass is 9.90. The zero-order chi connectivity index (χ0) is 19.6. The van der Waals surface area contributed by atoms with E-state index in [0.717, 1.165) is 0 Å². The molecule has 1 aromatic rings. The number of rotatable bonds is 5. The lowest BCUT2D eigenvalue weighted by molar-refractivity contribution is -0.180. The monoisotopic (exact) mass is 374 g/mol. The van der Waals surface area contributed by atoms with E-state index in [-0.39, 0.29) is 29.1 Å². The molecule has 1 saturated heterocycles. The van der Waals surface area contributed by atoms with Crippen LogP contribution in [0.4, 0.5) is 0 Å². The number of amides is 1. The summed E-state index contributed by atoms with van der Waals surface area (Å²) in [5, 5.41) is 2.77. The van der Waals surface area contributed by atoms with Crippen molar-refractivity contribution in [1.82, 2.24) is 10.8 Å². The van der Waals surface area contributed by atoms with E-state index in [9.17, 15) is 14.4 Å². The van der Waals surface area contributed by atoms with Crippen LogP contribution in [0.1, 0.15) is 67.2 Å². The highest BCUT2D eigenvalue weighted by Gasteiger charge is 2.34. The summed E-state index contributed by atoms with van der Waals surface area (Å²) in [5.41, 5.74) is 3.61. The normalized spacial score (nSPS) is 25.1. The predicted molar refractivity (Wildman–Crippen MR) is 97.8 cm³/mol. The van der Waals surface area contributed by atoms with Gasteiger partial charge in [0, 0.05) is 18.0 Å². The van der Waals surface area contributed by atoms with Gasteiger partial charge in [-0.2, -0.15) is 5.48 Å². The number of fused-ring (bicyclic) bond motifs is 1. The molecule has 2 aliphatic rings. The van der Waals surface area contributed by atoms with E-state index in [2.05, 4.69) is 10.8 Å². The largest absolute Gasteiger partial charge is 0.434 e. The topological polar surface area (TPSA) is 93.7 Å². The first-order valence-electron chi connectivity index (χ1n) is 9.28. The van der Waals surface area contributed by atoms with Gasteiger partial charge < -0.3 is 10.1 Å². The lowest BCUT2D eigenvalue weighted by Crippen LogP contribution is -2.46. The maximum Gasteiger partial charge on any atom is 0.308 e. The van der Waals surface area contributed by atoms with E-state index in [1.54, 1.807) is 24.3 Å². The van der Waals surface area contributed by atoms with E-state index in [4.69, 9.17) is 9.57 Å². The van der Waals surface area contributed by atoms with Gasteiger partial charge in [0.25, 0.3) is 5.91 Å². The van der Waals surface area contributed by atoms with Gasteiger partial charge >= 0.3 is 5.97 Å². The number of Topliss-reactive ketones (excluding diaryl/α,β-unsaturated/α-hetero) is 1. The Kier molecular flexibility index (Phi) is 5.62. The van der Waals surface area contributed by atoms with Crippen molar-refractivity contribution < 1.29 is 24.0 Å². The number of ether oxygens (including phenoxy) is 1. The van der Waals surface area contributed by atoms with Crippen LogP contribution in [0.5, 0.6) is 0 Å². The van der Waals surface area contributed by atoms with Crippen LogP contribution in [0.3, 0.4) is 0 Å². The molecule has 0 radical (unpaired) electrons. The SMILES string of the molecule is CC(C)(C)CC(=O)OC1CC(CCC2NC(=O)c3ccccc3C2=O)NO1. The molecule has 0 aromatic heterocycles. The molecule has 0 saturated carbocycles. The quantitative estimate of drug-likeness (QED) is 0.769. The summed E-state index contributed by atoms with van der Waals surface area (Å²) in [6, 6.07) is 6.26. The van der Waals surface area contributed by atoms with Crippen molar-refractivity contribution in [2.75, 3.05) is 0 Å². The summed E-state index contributed by atoms with van der Waals surface area (Å²) in [6.45, 7) is 5.91. The molecular weight excluding hydrogens is 348 g/mol. The van der Waals surface area contributed by atoms with E-state index < -0.39 is 12.3 Å². The molecule has 7 heteroatoms. The number of nitrogens with one attached hydrogen (secondary N) is 2. The third-order valence-corrected chi connectivity index (χ3v) is 4.64. The highest BCUT2D eigenvalue weighted by atomic mass is 16.8. The van der Waals surface area contributed by atoms with Gasteiger partial charge in [-0.15, -0.1) is 0 Å². The van der Waals surface area contributed by atoms with Crippen molar-refractivity contribution in [3.8, 4) is 0 Å². The Morgan fingerprint density at radius 1 is 1.19 bits per heavy atom. The number of carbonyl (C=O) groups is 3. The maximum absolute atomic E-state index is 12.6. The van der Waals surface area contributed by atoms with Crippen LogP contribution in [-0.4, -0.2) is 36.0 Å². The maximum atomic E-state index is 12.6. The fourth-order valence-corrected chi connectivity index (χ4v) is 3.33. The van der Waals surface area contributed by atoms with Crippen LogP contribution in [0.15, 0.2) is 24.3 Å². The van der Waals surface area contributed by atoms with Gasteiger partial charge in [-0.1, -0.05) is 39.0 Å². The molecule has 0 spiro atoms. The van der Waals surface area contributed by atoms with Gasteiger partial charge in [0.2, 0.25) is 6.29 Å². The lowest BCUT2D eigenvalue weighted by Gasteiger charge is -2.25. The number of benzene rings is 1. The third kappa shape index (κ3) is 4.93. The van der Waals surface area contributed by atoms with Crippen LogP contribution < -0.4 is 10.8 Å². The predicted octanol–water partition coefficient (Wildman–Crippen LogP) is 2.36. The summed E-state index contributed by atoms with van der Waals surface area (Å²) in [7, 11) is 0. The standard InChI is InChI=1S/C20H26N2O5/c1-20(2,3)11-16(23)26-17-10-12(22-27-17)8-9-15-18(24)13-6-4-5-7-14(13)19(25)21-15/h4-7,12,15,17,22H,8-11H2,1-3H3,(H,21,25). The molecule has 7 nitrogen and oxygen atoms in total. The summed E-state index contributed by atoms with van der Waals surface area (Å²) in [5.74, 6) is -0.585. The number of carbonyl (C=O) groups excluding carboxylic acids is 3. The number of esters is 1. The highest BCUT2D eigenvalue weighted by molar-refractivity contribution is 6.15. The first kappa shape index (κ1) is 19.5. The first-order chi connectivity index (χ1) is 12.7. The molecule has 2 heterocycles. The minimum Gasteiger partial charge on any atom is -0.434 e. The summed E-state index contributed by atoms with van der Waals surface area (Å²) in [6.07, 6.45) is 1.32. The molecule has 2 aliphatic heterocycles. The van der Waals surface area contributed by atoms with Crippen molar-refractivity contribution >= 4 is 17.7 Å². The Morgan fingerprint density at radius 2 is 1.89 bits per heavy atom. The van der Waals surface area contributed by atoms with Gasteiger partial charge in [-0.3, -0.25) is 19.2 Å². The average Bonchev–Trinajstić information content (AvgIpc) is 3.02. The van der Waals surface area contributed by atoms with Crippen molar-refractivity contribution in [2.45, 2.75) is 64.8 Å². The molecule has 1 fully saturated rings. The highest BCUT2D eigenvalue weighted by Crippen LogP contribution is 2.24. The second-order valence-electron chi connectivity index (χ2n) is 8.34. The summed E-state index contributed by atoms with van der Waals surface area (Å²) in [4.78, 5) is 42.0. The van der Waals surface area contributed by atoms with E-state index in [1.165, 1.54) is 0 Å². The molecule has 27 heavy (non-hydrogen) atoms. The Balaban J connectivity index is 1.48. The molecule has 3 unspecified atom stereocenters. The van der Waals surface area contributed by atoms with Crippen LogP contribution >= 0.6 is 0 Å². The second-order valence-corrected chi connectivity index (χ2v) is 8.34. The number of hydroxylamine groups is 1. The van der Waals surface area contributed by atoms with Gasteiger partial charge in [0.15, 0.2) is 5.78 Å². The molecule has 3 atom stereocenters. The number of ketones is 1. The third-order valence-electron chi connectivity index (χ3n) is 4.64. The second kappa shape index (κ2) is 7.78.